The van der Waals surface area contributed by atoms with Crippen molar-refractivity contribution in [1.82, 2.24) is 15.3 Å². The summed E-state index contributed by atoms with van der Waals surface area (Å²) in [7, 11) is 0. The molecule has 21 heavy (non-hydrogen) atoms. The van der Waals surface area contributed by atoms with E-state index in [4.69, 9.17) is 4.74 Å². The monoisotopic (exact) mass is 290 g/mol. The highest BCUT2D eigenvalue weighted by atomic mass is 16.5. The van der Waals surface area contributed by atoms with Gasteiger partial charge in [0.25, 0.3) is 0 Å². The molecule has 2 aliphatic heterocycles. The fourth-order valence-electron chi connectivity index (χ4n) is 3.54. The summed E-state index contributed by atoms with van der Waals surface area (Å²) in [4.78, 5) is 11.7. The minimum Gasteiger partial charge on any atom is -0.478 e. The third-order valence-corrected chi connectivity index (χ3v) is 4.48. The zero-order valence-corrected chi connectivity index (χ0v) is 13.1. The summed E-state index contributed by atoms with van der Waals surface area (Å²) >= 11 is 0. The van der Waals surface area contributed by atoms with Crippen molar-refractivity contribution in [1.29, 1.82) is 0 Å². The van der Waals surface area contributed by atoms with Gasteiger partial charge in [0.15, 0.2) is 0 Å². The number of hydrogen-bond acceptors (Lipinski definition) is 5. The molecule has 0 bridgehead atoms. The van der Waals surface area contributed by atoms with Crippen LogP contribution in [0.4, 0.5) is 5.95 Å². The normalized spacial score (nSPS) is 26.1. The van der Waals surface area contributed by atoms with Gasteiger partial charge in [-0.3, -0.25) is 0 Å². The Morgan fingerprint density at radius 1 is 1.29 bits per heavy atom. The Bertz CT molecular complexity index is 473. The van der Waals surface area contributed by atoms with Crippen molar-refractivity contribution >= 4 is 5.95 Å². The van der Waals surface area contributed by atoms with Gasteiger partial charge in [-0.2, -0.15) is 4.98 Å². The third-order valence-electron chi connectivity index (χ3n) is 4.48. The number of ether oxygens (including phenoxy) is 1. The van der Waals surface area contributed by atoms with Gasteiger partial charge in [-0.05, 0) is 52.5 Å². The van der Waals surface area contributed by atoms with Crippen LogP contribution in [0, 0.1) is 6.92 Å². The van der Waals surface area contributed by atoms with Gasteiger partial charge in [-0.15, -0.1) is 0 Å². The van der Waals surface area contributed by atoms with E-state index in [-0.39, 0.29) is 0 Å². The van der Waals surface area contributed by atoms with E-state index < -0.39 is 0 Å². The van der Waals surface area contributed by atoms with Crippen LogP contribution in [-0.2, 0) is 0 Å². The summed E-state index contributed by atoms with van der Waals surface area (Å²) in [6.07, 6.45) is 6.33. The average Bonchev–Trinajstić information content (AvgIpc) is 3.01. The summed E-state index contributed by atoms with van der Waals surface area (Å²) in [6, 6.07) is 3.03. The SMILES string of the molecule is CCOc1cc(C)nc(N2CCCCC2C2CCCN2)n1. The second-order valence-corrected chi connectivity index (χ2v) is 6.04. The van der Waals surface area contributed by atoms with Crippen molar-refractivity contribution < 1.29 is 4.74 Å². The molecule has 2 saturated heterocycles. The Balaban J connectivity index is 1.85. The van der Waals surface area contributed by atoms with E-state index in [0.717, 1.165) is 24.7 Å². The topological polar surface area (TPSA) is 50.3 Å². The maximum Gasteiger partial charge on any atom is 0.229 e. The molecule has 2 unspecified atom stereocenters. The lowest BCUT2D eigenvalue weighted by atomic mass is 9.95. The molecule has 1 aromatic rings. The van der Waals surface area contributed by atoms with E-state index in [9.17, 15) is 0 Å². The number of aryl methyl sites for hydroxylation is 1. The summed E-state index contributed by atoms with van der Waals surface area (Å²) in [5.74, 6) is 1.54. The Labute approximate surface area is 127 Å². The summed E-state index contributed by atoms with van der Waals surface area (Å²) < 4.78 is 5.59. The molecule has 3 heterocycles. The van der Waals surface area contributed by atoms with Crippen LogP contribution < -0.4 is 15.0 Å². The first-order valence-electron chi connectivity index (χ1n) is 8.26. The van der Waals surface area contributed by atoms with E-state index in [1.807, 2.05) is 19.9 Å². The molecular formula is C16H26N4O. The standard InChI is InChI=1S/C16H26N4O/c1-3-21-15-11-12(2)18-16(19-15)20-10-5-4-8-14(20)13-7-6-9-17-13/h11,13-14,17H,3-10H2,1-2H3. The molecule has 2 fully saturated rings. The summed E-state index contributed by atoms with van der Waals surface area (Å²) in [5.41, 5.74) is 0.979. The van der Waals surface area contributed by atoms with Crippen LogP contribution in [0.15, 0.2) is 6.07 Å². The highest BCUT2D eigenvalue weighted by Crippen LogP contribution is 2.28. The molecule has 0 radical (unpaired) electrons. The predicted molar refractivity (Wildman–Crippen MR) is 83.9 cm³/mol. The summed E-state index contributed by atoms with van der Waals surface area (Å²) in [5, 5.41) is 3.65. The van der Waals surface area contributed by atoms with Crippen LogP contribution in [0.1, 0.15) is 44.7 Å². The van der Waals surface area contributed by atoms with E-state index in [1.165, 1.54) is 32.1 Å². The number of aromatic nitrogens is 2. The highest BCUT2D eigenvalue weighted by Gasteiger charge is 2.33. The first kappa shape index (κ1) is 14.6. The quantitative estimate of drug-likeness (QED) is 0.922. The van der Waals surface area contributed by atoms with Crippen molar-refractivity contribution in [3.63, 3.8) is 0 Å². The van der Waals surface area contributed by atoms with Crippen LogP contribution in [0.5, 0.6) is 5.88 Å². The molecule has 1 aromatic heterocycles. The fourth-order valence-corrected chi connectivity index (χ4v) is 3.54. The van der Waals surface area contributed by atoms with Gasteiger partial charge in [-0.25, -0.2) is 4.98 Å². The van der Waals surface area contributed by atoms with Crippen molar-refractivity contribution in [2.75, 3.05) is 24.6 Å². The first-order valence-corrected chi connectivity index (χ1v) is 8.26. The van der Waals surface area contributed by atoms with Crippen LogP contribution >= 0.6 is 0 Å². The predicted octanol–water partition coefficient (Wildman–Crippen LogP) is 2.29. The third kappa shape index (κ3) is 3.28. The molecule has 0 aliphatic carbocycles. The molecule has 5 heteroatoms. The largest absolute Gasteiger partial charge is 0.478 e. The van der Waals surface area contributed by atoms with E-state index in [0.29, 0.717) is 24.6 Å². The maximum absolute atomic E-state index is 5.59. The van der Waals surface area contributed by atoms with E-state index in [2.05, 4.69) is 20.2 Å². The molecule has 0 amide bonds. The smallest absolute Gasteiger partial charge is 0.229 e. The Hall–Kier alpha value is -1.36. The molecule has 2 atom stereocenters. The summed E-state index contributed by atoms with van der Waals surface area (Å²) in [6.45, 7) is 6.85. The first-order chi connectivity index (χ1) is 10.3. The minimum atomic E-state index is 0.525. The lowest BCUT2D eigenvalue weighted by molar-refractivity contribution is 0.323. The second-order valence-electron chi connectivity index (χ2n) is 6.04. The van der Waals surface area contributed by atoms with Crippen molar-refractivity contribution in [2.24, 2.45) is 0 Å². The van der Waals surface area contributed by atoms with Gasteiger partial charge in [0.05, 0.1) is 6.61 Å². The molecule has 2 aliphatic rings. The van der Waals surface area contributed by atoms with Gasteiger partial charge >= 0.3 is 0 Å². The number of rotatable bonds is 4. The number of anilines is 1. The Morgan fingerprint density at radius 2 is 2.19 bits per heavy atom. The average molecular weight is 290 g/mol. The molecule has 0 saturated carbocycles. The lowest BCUT2D eigenvalue weighted by Gasteiger charge is -2.39. The molecule has 3 rings (SSSR count). The van der Waals surface area contributed by atoms with Gasteiger partial charge in [0.2, 0.25) is 11.8 Å². The van der Waals surface area contributed by atoms with Gasteiger partial charge in [0, 0.05) is 30.4 Å². The van der Waals surface area contributed by atoms with Crippen LogP contribution in [-0.4, -0.2) is 41.7 Å². The van der Waals surface area contributed by atoms with Crippen molar-refractivity contribution in [2.45, 2.75) is 58.0 Å². The molecular weight excluding hydrogens is 264 g/mol. The number of nitrogens with zero attached hydrogens (tertiary/aromatic N) is 3. The van der Waals surface area contributed by atoms with Gasteiger partial charge in [-0.1, -0.05) is 0 Å². The van der Waals surface area contributed by atoms with E-state index >= 15 is 0 Å². The second kappa shape index (κ2) is 6.60. The van der Waals surface area contributed by atoms with Crippen molar-refractivity contribution in [3.8, 4) is 5.88 Å². The number of piperidine rings is 1. The minimum absolute atomic E-state index is 0.525. The Morgan fingerprint density at radius 3 is 2.95 bits per heavy atom. The fraction of sp³-hybridized carbons (Fsp3) is 0.750. The molecule has 116 valence electrons. The van der Waals surface area contributed by atoms with Crippen LogP contribution in [0.2, 0.25) is 0 Å². The zero-order valence-electron chi connectivity index (χ0n) is 13.1. The molecule has 5 nitrogen and oxygen atoms in total. The van der Waals surface area contributed by atoms with Gasteiger partial charge < -0.3 is 15.0 Å². The molecule has 0 aromatic carbocycles. The van der Waals surface area contributed by atoms with E-state index in [1.54, 1.807) is 0 Å². The van der Waals surface area contributed by atoms with Crippen LogP contribution in [0.25, 0.3) is 0 Å². The molecule has 0 spiro atoms. The lowest BCUT2D eigenvalue weighted by Crippen LogP contribution is -2.51. The highest BCUT2D eigenvalue weighted by molar-refractivity contribution is 5.37. The van der Waals surface area contributed by atoms with Crippen LogP contribution in [0.3, 0.4) is 0 Å². The number of hydrogen-bond donors (Lipinski definition) is 1. The number of nitrogens with one attached hydrogen (secondary N) is 1. The zero-order chi connectivity index (χ0) is 14.7. The van der Waals surface area contributed by atoms with Crippen molar-refractivity contribution in [3.05, 3.63) is 11.8 Å². The Kier molecular flexibility index (Phi) is 4.58. The van der Waals surface area contributed by atoms with Gasteiger partial charge in [0.1, 0.15) is 0 Å². The molecule has 1 N–H and O–H groups in total. The maximum atomic E-state index is 5.59.